The van der Waals surface area contributed by atoms with Gasteiger partial charge in [0.2, 0.25) is 0 Å². The fourth-order valence-corrected chi connectivity index (χ4v) is 4.69. The molecule has 0 N–H and O–H groups in total. The first-order valence-electron chi connectivity index (χ1n) is 8.35. The van der Waals surface area contributed by atoms with Crippen molar-refractivity contribution in [3.05, 3.63) is 42.5 Å². The molecule has 0 saturated carbocycles. The van der Waals surface area contributed by atoms with Crippen molar-refractivity contribution in [2.24, 2.45) is 0 Å². The van der Waals surface area contributed by atoms with Crippen LogP contribution in [-0.4, -0.2) is 44.5 Å². The zero-order valence-electron chi connectivity index (χ0n) is 14.4. The summed E-state index contributed by atoms with van der Waals surface area (Å²) >= 11 is 3.58. The summed E-state index contributed by atoms with van der Waals surface area (Å²) < 4.78 is 6.62. The van der Waals surface area contributed by atoms with Gasteiger partial charge < -0.3 is 14.5 Å². The Morgan fingerprint density at radius 3 is 2.60 bits per heavy atom. The maximum atomic E-state index is 5.34. The van der Waals surface area contributed by atoms with Crippen LogP contribution in [0.25, 0.3) is 10.2 Å². The highest BCUT2D eigenvalue weighted by Crippen LogP contribution is 2.32. The lowest BCUT2D eigenvalue weighted by molar-refractivity contribution is 0.414. The minimum absolute atomic E-state index is 0.913. The Morgan fingerprint density at radius 2 is 1.84 bits per heavy atom. The second kappa shape index (κ2) is 7.14. The van der Waals surface area contributed by atoms with Gasteiger partial charge in [-0.15, -0.1) is 11.8 Å². The second-order valence-electron chi connectivity index (χ2n) is 6.01. The standard InChI is InChI=1S/C19H21N3OS2/c1-23-15-5-3-4-14(12-15)21-8-10-22(11-9-21)19-20-17-7-6-16(24-2)13-18(17)25-19/h3-7,12-13H,8-11H2,1-2H3. The van der Waals surface area contributed by atoms with Crippen molar-refractivity contribution < 1.29 is 4.74 Å². The summed E-state index contributed by atoms with van der Waals surface area (Å²) in [6.07, 6.45) is 2.11. The van der Waals surface area contributed by atoms with E-state index in [0.717, 1.165) is 42.6 Å². The van der Waals surface area contributed by atoms with Gasteiger partial charge in [-0.05, 0) is 36.6 Å². The SMILES string of the molecule is COc1cccc(N2CCN(c3nc4ccc(SC)cc4s3)CC2)c1. The van der Waals surface area contributed by atoms with E-state index in [1.165, 1.54) is 15.3 Å². The highest BCUT2D eigenvalue weighted by molar-refractivity contribution is 7.98. The van der Waals surface area contributed by atoms with E-state index >= 15 is 0 Å². The van der Waals surface area contributed by atoms with Crippen molar-refractivity contribution in [1.29, 1.82) is 0 Å². The number of benzene rings is 2. The minimum Gasteiger partial charge on any atom is -0.497 e. The fourth-order valence-electron chi connectivity index (χ4n) is 3.12. The van der Waals surface area contributed by atoms with E-state index in [-0.39, 0.29) is 0 Å². The zero-order valence-corrected chi connectivity index (χ0v) is 16.1. The monoisotopic (exact) mass is 371 g/mol. The van der Waals surface area contributed by atoms with Gasteiger partial charge in [0.05, 0.1) is 17.3 Å². The first-order valence-corrected chi connectivity index (χ1v) is 10.4. The van der Waals surface area contributed by atoms with Gasteiger partial charge >= 0.3 is 0 Å². The van der Waals surface area contributed by atoms with Crippen molar-refractivity contribution in [3.8, 4) is 5.75 Å². The van der Waals surface area contributed by atoms with Gasteiger partial charge in [0.25, 0.3) is 0 Å². The van der Waals surface area contributed by atoms with Crippen molar-refractivity contribution in [1.82, 2.24) is 4.98 Å². The number of methoxy groups -OCH3 is 1. The Kier molecular flexibility index (Phi) is 4.72. The Balaban J connectivity index is 1.48. The lowest BCUT2D eigenvalue weighted by Gasteiger charge is -2.36. The number of hydrogen-bond acceptors (Lipinski definition) is 6. The third-order valence-electron chi connectivity index (χ3n) is 4.55. The number of ether oxygens (including phenoxy) is 1. The third kappa shape index (κ3) is 3.41. The van der Waals surface area contributed by atoms with Gasteiger partial charge in [0.1, 0.15) is 5.75 Å². The summed E-state index contributed by atoms with van der Waals surface area (Å²) in [7, 11) is 1.71. The van der Waals surface area contributed by atoms with E-state index in [4.69, 9.17) is 9.72 Å². The summed E-state index contributed by atoms with van der Waals surface area (Å²) in [4.78, 5) is 10.9. The van der Waals surface area contributed by atoms with Crippen LogP contribution in [0.3, 0.4) is 0 Å². The Hall–Kier alpha value is -1.92. The number of fused-ring (bicyclic) bond motifs is 1. The summed E-state index contributed by atoms with van der Waals surface area (Å²) in [5, 5.41) is 1.14. The molecule has 0 bridgehead atoms. The van der Waals surface area contributed by atoms with E-state index in [1.54, 1.807) is 30.2 Å². The first kappa shape index (κ1) is 16.5. The van der Waals surface area contributed by atoms with Crippen LogP contribution in [0, 0.1) is 0 Å². The molecule has 2 heterocycles. The first-order chi connectivity index (χ1) is 12.3. The number of aromatic nitrogens is 1. The highest BCUT2D eigenvalue weighted by atomic mass is 32.2. The molecule has 25 heavy (non-hydrogen) atoms. The van der Waals surface area contributed by atoms with E-state index in [2.05, 4.69) is 52.5 Å². The average Bonchev–Trinajstić information content (AvgIpc) is 3.11. The maximum Gasteiger partial charge on any atom is 0.186 e. The molecule has 4 nitrogen and oxygen atoms in total. The molecule has 130 valence electrons. The van der Waals surface area contributed by atoms with E-state index < -0.39 is 0 Å². The van der Waals surface area contributed by atoms with Crippen molar-refractivity contribution in [2.75, 3.05) is 49.3 Å². The van der Waals surface area contributed by atoms with E-state index in [1.807, 2.05) is 6.07 Å². The Bertz CT molecular complexity index is 872. The predicted molar refractivity (Wildman–Crippen MR) is 109 cm³/mol. The van der Waals surface area contributed by atoms with Crippen LogP contribution in [0.15, 0.2) is 47.4 Å². The maximum absolute atomic E-state index is 5.34. The molecule has 0 atom stereocenters. The molecule has 6 heteroatoms. The molecular formula is C19H21N3OS2. The van der Waals surface area contributed by atoms with Crippen LogP contribution in [0.2, 0.25) is 0 Å². The number of anilines is 2. The number of nitrogens with zero attached hydrogens (tertiary/aromatic N) is 3. The average molecular weight is 372 g/mol. The van der Waals surface area contributed by atoms with Gasteiger partial charge in [0, 0.05) is 42.8 Å². The fraction of sp³-hybridized carbons (Fsp3) is 0.316. The second-order valence-corrected chi connectivity index (χ2v) is 7.89. The summed E-state index contributed by atoms with van der Waals surface area (Å²) in [6, 6.07) is 14.8. The van der Waals surface area contributed by atoms with Crippen molar-refractivity contribution in [2.45, 2.75) is 4.90 Å². The molecule has 0 amide bonds. The van der Waals surface area contributed by atoms with Gasteiger partial charge in [-0.3, -0.25) is 0 Å². The van der Waals surface area contributed by atoms with Gasteiger partial charge in [-0.25, -0.2) is 4.98 Å². The van der Waals surface area contributed by atoms with Crippen LogP contribution in [-0.2, 0) is 0 Å². The van der Waals surface area contributed by atoms with Crippen LogP contribution in [0.4, 0.5) is 10.8 Å². The molecule has 0 radical (unpaired) electrons. The minimum atomic E-state index is 0.913. The smallest absolute Gasteiger partial charge is 0.186 e. The number of hydrogen-bond donors (Lipinski definition) is 0. The highest BCUT2D eigenvalue weighted by Gasteiger charge is 2.20. The Labute approximate surface area is 156 Å². The topological polar surface area (TPSA) is 28.6 Å². The quantitative estimate of drug-likeness (QED) is 0.636. The van der Waals surface area contributed by atoms with Crippen molar-refractivity contribution >= 4 is 44.1 Å². The molecule has 3 aromatic rings. The molecule has 0 aliphatic carbocycles. The number of piperazine rings is 1. The number of thioether (sulfide) groups is 1. The lowest BCUT2D eigenvalue weighted by atomic mass is 10.2. The van der Waals surface area contributed by atoms with E-state index in [0.29, 0.717) is 0 Å². The number of thiazole rings is 1. The molecule has 1 saturated heterocycles. The summed E-state index contributed by atoms with van der Waals surface area (Å²) in [5.74, 6) is 0.913. The van der Waals surface area contributed by atoms with Gasteiger partial charge in [-0.2, -0.15) is 0 Å². The molecule has 1 aliphatic rings. The molecule has 2 aromatic carbocycles. The van der Waals surface area contributed by atoms with Crippen LogP contribution in [0.1, 0.15) is 0 Å². The van der Waals surface area contributed by atoms with Gasteiger partial charge in [-0.1, -0.05) is 17.4 Å². The normalized spacial score (nSPS) is 15.0. The van der Waals surface area contributed by atoms with E-state index in [9.17, 15) is 0 Å². The Morgan fingerprint density at radius 1 is 1.04 bits per heavy atom. The van der Waals surface area contributed by atoms with Crippen LogP contribution < -0.4 is 14.5 Å². The lowest BCUT2D eigenvalue weighted by Crippen LogP contribution is -2.46. The summed E-state index contributed by atoms with van der Waals surface area (Å²) in [5.41, 5.74) is 2.33. The molecule has 4 rings (SSSR count). The largest absolute Gasteiger partial charge is 0.497 e. The molecule has 1 fully saturated rings. The van der Waals surface area contributed by atoms with Crippen molar-refractivity contribution in [3.63, 3.8) is 0 Å². The molecular weight excluding hydrogens is 350 g/mol. The van der Waals surface area contributed by atoms with Crippen LogP contribution >= 0.6 is 23.1 Å². The van der Waals surface area contributed by atoms with Crippen LogP contribution in [0.5, 0.6) is 5.75 Å². The third-order valence-corrected chi connectivity index (χ3v) is 6.36. The van der Waals surface area contributed by atoms with Gasteiger partial charge in [0.15, 0.2) is 5.13 Å². The predicted octanol–water partition coefficient (Wildman–Crippen LogP) is 4.35. The molecule has 0 unspecified atom stereocenters. The zero-order chi connectivity index (χ0) is 17.2. The molecule has 0 spiro atoms. The number of rotatable bonds is 4. The molecule has 1 aliphatic heterocycles. The molecule has 1 aromatic heterocycles. The summed E-state index contributed by atoms with van der Waals surface area (Å²) in [6.45, 7) is 3.98.